The van der Waals surface area contributed by atoms with Gasteiger partial charge in [0.15, 0.2) is 0 Å². The standard InChI is InChI=1S/C10H12F2O3/c11-8-5-9(12)7-10(6-8)15-4-3-14-2-1-13/h5-7,13H,1-4H2. The Hall–Kier alpha value is -1.20. The number of aliphatic hydroxyl groups excluding tert-OH is 1. The van der Waals surface area contributed by atoms with E-state index in [-0.39, 0.29) is 32.2 Å². The quantitative estimate of drug-likeness (QED) is 0.732. The summed E-state index contributed by atoms with van der Waals surface area (Å²) in [6.45, 7) is 0.608. The Labute approximate surface area is 86.2 Å². The third-order valence-corrected chi connectivity index (χ3v) is 1.57. The van der Waals surface area contributed by atoms with Crippen LogP contribution >= 0.6 is 0 Å². The van der Waals surface area contributed by atoms with Crippen molar-refractivity contribution in [2.24, 2.45) is 0 Å². The molecular formula is C10H12F2O3. The van der Waals surface area contributed by atoms with Gasteiger partial charge in [-0.15, -0.1) is 0 Å². The minimum absolute atomic E-state index is 0.0609. The molecule has 0 aromatic heterocycles. The maximum atomic E-state index is 12.7. The van der Waals surface area contributed by atoms with Gasteiger partial charge >= 0.3 is 0 Å². The van der Waals surface area contributed by atoms with Gasteiger partial charge in [-0.2, -0.15) is 0 Å². The van der Waals surface area contributed by atoms with Gasteiger partial charge in [0, 0.05) is 18.2 Å². The van der Waals surface area contributed by atoms with E-state index < -0.39 is 11.6 Å². The predicted molar refractivity (Wildman–Crippen MR) is 49.8 cm³/mol. The van der Waals surface area contributed by atoms with Crippen LogP contribution in [0.15, 0.2) is 18.2 Å². The zero-order chi connectivity index (χ0) is 11.1. The van der Waals surface area contributed by atoms with Crippen LogP contribution in [0.1, 0.15) is 0 Å². The fourth-order valence-electron chi connectivity index (χ4n) is 0.997. The molecule has 0 spiro atoms. The van der Waals surface area contributed by atoms with Gasteiger partial charge in [0.2, 0.25) is 0 Å². The third-order valence-electron chi connectivity index (χ3n) is 1.57. The summed E-state index contributed by atoms with van der Waals surface area (Å²) in [6.07, 6.45) is 0. The summed E-state index contributed by atoms with van der Waals surface area (Å²) in [4.78, 5) is 0. The van der Waals surface area contributed by atoms with E-state index in [2.05, 4.69) is 0 Å². The van der Waals surface area contributed by atoms with Gasteiger partial charge in [-0.25, -0.2) is 8.78 Å². The van der Waals surface area contributed by atoms with Crippen LogP contribution in [0.3, 0.4) is 0 Å². The molecule has 0 aliphatic carbocycles. The van der Waals surface area contributed by atoms with Crippen molar-refractivity contribution in [1.82, 2.24) is 0 Å². The van der Waals surface area contributed by atoms with E-state index in [0.29, 0.717) is 0 Å². The SMILES string of the molecule is OCCOCCOc1cc(F)cc(F)c1. The Morgan fingerprint density at radius 1 is 1.00 bits per heavy atom. The molecule has 84 valence electrons. The maximum absolute atomic E-state index is 12.7. The average molecular weight is 218 g/mol. The summed E-state index contributed by atoms with van der Waals surface area (Å²) in [5.41, 5.74) is 0. The molecule has 1 aromatic rings. The molecule has 0 heterocycles. The first-order valence-electron chi connectivity index (χ1n) is 4.50. The second-order valence-electron chi connectivity index (χ2n) is 2.79. The van der Waals surface area contributed by atoms with Crippen LogP contribution < -0.4 is 4.74 Å². The van der Waals surface area contributed by atoms with Gasteiger partial charge in [-0.1, -0.05) is 0 Å². The topological polar surface area (TPSA) is 38.7 Å². The van der Waals surface area contributed by atoms with Gasteiger partial charge in [-0.05, 0) is 0 Å². The lowest BCUT2D eigenvalue weighted by Crippen LogP contribution is -2.09. The Bertz CT molecular complexity index is 284. The van der Waals surface area contributed by atoms with Gasteiger partial charge in [0.05, 0.1) is 19.8 Å². The molecule has 0 aliphatic rings. The van der Waals surface area contributed by atoms with E-state index in [9.17, 15) is 8.78 Å². The van der Waals surface area contributed by atoms with Crippen LogP contribution in [-0.2, 0) is 4.74 Å². The van der Waals surface area contributed by atoms with Crippen LogP contribution in [0.5, 0.6) is 5.75 Å². The van der Waals surface area contributed by atoms with Crippen molar-refractivity contribution in [3.8, 4) is 5.75 Å². The largest absolute Gasteiger partial charge is 0.491 e. The number of hydrogen-bond acceptors (Lipinski definition) is 3. The Balaban J connectivity index is 2.31. The summed E-state index contributed by atoms with van der Waals surface area (Å²) in [7, 11) is 0. The van der Waals surface area contributed by atoms with Crippen LogP contribution in [0, 0.1) is 11.6 Å². The zero-order valence-electron chi connectivity index (χ0n) is 8.08. The molecule has 0 atom stereocenters. The number of halogens is 2. The second kappa shape index (κ2) is 6.31. The van der Waals surface area contributed by atoms with Crippen molar-refractivity contribution in [2.75, 3.05) is 26.4 Å². The summed E-state index contributed by atoms with van der Waals surface area (Å²) in [5.74, 6) is -1.23. The van der Waals surface area contributed by atoms with Crippen molar-refractivity contribution in [3.63, 3.8) is 0 Å². The number of ether oxygens (including phenoxy) is 2. The van der Waals surface area contributed by atoms with Crippen molar-refractivity contribution in [2.45, 2.75) is 0 Å². The highest BCUT2D eigenvalue weighted by Crippen LogP contribution is 2.14. The van der Waals surface area contributed by atoms with Crippen LogP contribution in [0.2, 0.25) is 0 Å². The first-order chi connectivity index (χ1) is 7.22. The normalized spacial score (nSPS) is 10.3. The monoisotopic (exact) mass is 218 g/mol. The average Bonchev–Trinajstić information content (AvgIpc) is 2.16. The maximum Gasteiger partial charge on any atom is 0.129 e. The van der Waals surface area contributed by atoms with Crippen molar-refractivity contribution in [3.05, 3.63) is 29.8 Å². The summed E-state index contributed by atoms with van der Waals surface area (Å²) in [5, 5.41) is 8.39. The number of hydrogen-bond donors (Lipinski definition) is 1. The van der Waals surface area contributed by atoms with E-state index in [1.165, 1.54) is 0 Å². The fourth-order valence-corrected chi connectivity index (χ4v) is 0.997. The van der Waals surface area contributed by atoms with E-state index in [0.717, 1.165) is 18.2 Å². The minimum atomic E-state index is -0.679. The first kappa shape index (κ1) is 11.9. The lowest BCUT2D eigenvalue weighted by atomic mass is 10.3. The highest BCUT2D eigenvalue weighted by Gasteiger charge is 2.00. The van der Waals surface area contributed by atoms with Gasteiger partial charge in [-0.3, -0.25) is 0 Å². The first-order valence-corrected chi connectivity index (χ1v) is 4.50. The van der Waals surface area contributed by atoms with Crippen molar-refractivity contribution in [1.29, 1.82) is 0 Å². The van der Waals surface area contributed by atoms with Crippen molar-refractivity contribution < 1.29 is 23.4 Å². The molecule has 5 heteroatoms. The molecule has 0 fully saturated rings. The summed E-state index contributed by atoms with van der Waals surface area (Å²) in [6, 6.07) is 2.96. The van der Waals surface area contributed by atoms with E-state index in [4.69, 9.17) is 14.6 Å². The van der Waals surface area contributed by atoms with Gasteiger partial charge in [0.25, 0.3) is 0 Å². The number of aliphatic hydroxyl groups is 1. The number of benzene rings is 1. The van der Waals surface area contributed by atoms with E-state index in [1.807, 2.05) is 0 Å². The van der Waals surface area contributed by atoms with E-state index >= 15 is 0 Å². The van der Waals surface area contributed by atoms with Crippen LogP contribution in [-0.4, -0.2) is 31.5 Å². The molecule has 0 saturated carbocycles. The fraction of sp³-hybridized carbons (Fsp3) is 0.400. The van der Waals surface area contributed by atoms with Crippen molar-refractivity contribution >= 4 is 0 Å². The summed E-state index contributed by atoms with van der Waals surface area (Å²) >= 11 is 0. The molecule has 15 heavy (non-hydrogen) atoms. The molecular weight excluding hydrogens is 206 g/mol. The molecule has 1 N–H and O–H groups in total. The lowest BCUT2D eigenvalue weighted by Gasteiger charge is -2.06. The van der Waals surface area contributed by atoms with Gasteiger partial charge in [0.1, 0.15) is 24.0 Å². The van der Waals surface area contributed by atoms with Gasteiger partial charge < -0.3 is 14.6 Å². The molecule has 1 rings (SSSR count). The highest BCUT2D eigenvalue weighted by atomic mass is 19.1. The Kier molecular flexibility index (Phi) is 5.00. The Morgan fingerprint density at radius 3 is 2.27 bits per heavy atom. The molecule has 0 amide bonds. The second-order valence-corrected chi connectivity index (χ2v) is 2.79. The van der Waals surface area contributed by atoms with Crippen LogP contribution in [0.4, 0.5) is 8.78 Å². The van der Waals surface area contributed by atoms with Crippen LogP contribution in [0.25, 0.3) is 0 Å². The molecule has 1 aromatic carbocycles. The molecule has 0 bridgehead atoms. The number of rotatable bonds is 6. The predicted octanol–water partition coefficient (Wildman–Crippen LogP) is 1.35. The molecule has 0 radical (unpaired) electrons. The smallest absolute Gasteiger partial charge is 0.129 e. The molecule has 0 aliphatic heterocycles. The molecule has 0 saturated heterocycles. The third kappa shape index (κ3) is 4.71. The summed E-state index contributed by atoms with van der Waals surface area (Å²) < 4.78 is 35.3. The molecule has 3 nitrogen and oxygen atoms in total. The Morgan fingerprint density at radius 2 is 1.67 bits per heavy atom. The zero-order valence-corrected chi connectivity index (χ0v) is 8.08. The molecule has 0 unspecified atom stereocenters. The van der Waals surface area contributed by atoms with E-state index in [1.54, 1.807) is 0 Å². The highest BCUT2D eigenvalue weighted by molar-refractivity contribution is 5.23. The minimum Gasteiger partial charge on any atom is -0.491 e. The lowest BCUT2D eigenvalue weighted by molar-refractivity contribution is 0.0704.